The molecule has 6 unspecified atom stereocenters. The lowest BCUT2D eigenvalue weighted by Gasteiger charge is -2.38. The quantitative estimate of drug-likeness (QED) is 0.231. The maximum atomic E-state index is 6.18. The van der Waals surface area contributed by atoms with Crippen molar-refractivity contribution in [2.24, 2.45) is 5.92 Å². The van der Waals surface area contributed by atoms with Crippen molar-refractivity contribution in [3.8, 4) is 22.5 Å². The van der Waals surface area contributed by atoms with Crippen molar-refractivity contribution in [3.05, 3.63) is 82.9 Å². The Balaban J connectivity index is 1.63. The third-order valence-corrected chi connectivity index (χ3v) is 10.6. The van der Waals surface area contributed by atoms with Crippen LogP contribution in [-0.2, 0) is 14.9 Å². The summed E-state index contributed by atoms with van der Waals surface area (Å²) in [5, 5.41) is 0. The van der Waals surface area contributed by atoms with Crippen molar-refractivity contribution in [1.82, 2.24) is 4.98 Å². The average Bonchev–Trinajstić information content (AvgIpc) is 2.99. The second-order valence-electron chi connectivity index (χ2n) is 14.0. The molecule has 0 saturated carbocycles. The summed E-state index contributed by atoms with van der Waals surface area (Å²) in [6, 6.07) is 16.4. The van der Waals surface area contributed by atoms with Crippen LogP contribution in [0, 0.1) is 19.8 Å². The predicted octanol–water partition coefficient (Wildman–Crippen LogP) is 10.3. The number of nitrogens with zero attached hydrogens (tertiary/aromatic N) is 2. The van der Waals surface area contributed by atoms with Gasteiger partial charge in [-0.3, -0.25) is 0 Å². The lowest BCUT2D eigenvalue weighted by molar-refractivity contribution is -0.724. The smallest absolute Gasteiger partial charge is 0.287 e. The molecule has 0 bridgehead atoms. The van der Waals surface area contributed by atoms with Gasteiger partial charge >= 0.3 is 0 Å². The Bertz CT molecular complexity index is 1490. The molecule has 2 aliphatic heterocycles. The third-order valence-electron chi connectivity index (χ3n) is 10.6. The SMILES string of the molecule is CCCCC(C)c1ccc(C)c(-c2cc3[n+](cn2)C(CCC2OC(C)=CC(C)O2)C(C)CC(C)(CC)c2ccccc2-3)c1C. The summed E-state index contributed by atoms with van der Waals surface area (Å²) >= 11 is 0. The van der Waals surface area contributed by atoms with Crippen molar-refractivity contribution in [1.29, 1.82) is 0 Å². The fourth-order valence-electron chi connectivity index (χ4n) is 8.04. The molecule has 0 amide bonds. The van der Waals surface area contributed by atoms with Crippen LogP contribution < -0.4 is 4.57 Å². The topological polar surface area (TPSA) is 35.2 Å². The highest BCUT2D eigenvalue weighted by atomic mass is 16.7. The Kier molecular flexibility index (Phi) is 9.99. The lowest BCUT2D eigenvalue weighted by Crippen LogP contribution is -2.48. The Morgan fingerprint density at radius 2 is 1.82 bits per heavy atom. The van der Waals surface area contributed by atoms with Gasteiger partial charge in [-0.05, 0) is 104 Å². The maximum absolute atomic E-state index is 6.18. The van der Waals surface area contributed by atoms with Gasteiger partial charge in [0, 0.05) is 23.6 Å². The summed E-state index contributed by atoms with van der Waals surface area (Å²) in [6.07, 6.45) is 11.8. The molecule has 5 rings (SSSR count). The minimum Gasteiger partial charge on any atom is -0.470 e. The first-order chi connectivity index (χ1) is 21.1. The predicted molar refractivity (Wildman–Crippen MR) is 182 cm³/mol. The van der Waals surface area contributed by atoms with Crippen LogP contribution in [0.4, 0.5) is 0 Å². The lowest BCUT2D eigenvalue weighted by atomic mass is 9.69. The number of benzene rings is 2. The van der Waals surface area contributed by atoms with Gasteiger partial charge in [0.25, 0.3) is 6.33 Å². The highest BCUT2D eigenvalue weighted by molar-refractivity contribution is 5.73. The fourth-order valence-corrected chi connectivity index (χ4v) is 8.04. The summed E-state index contributed by atoms with van der Waals surface area (Å²) in [7, 11) is 0. The number of fused-ring (bicyclic) bond motifs is 3. The first-order valence-electron chi connectivity index (χ1n) is 17.2. The van der Waals surface area contributed by atoms with Gasteiger partial charge in [0.2, 0.25) is 0 Å². The van der Waals surface area contributed by atoms with Crippen LogP contribution in [0.15, 0.2) is 60.6 Å². The zero-order valence-electron chi connectivity index (χ0n) is 28.7. The minimum absolute atomic E-state index is 0.0786. The van der Waals surface area contributed by atoms with Crippen LogP contribution in [0.25, 0.3) is 22.5 Å². The largest absolute Gasteiger partial charge is 0.470 e. The second-order valence-corrected chi connectivity index (χ2v) is 14.0. The van der Waals surface area contributed by atoms with Crippen molar-refractivity contribution in [3.63, 3.8) is 0 Å². The Morgan fingerprint density at radius 1 is 1.05 bits per heavy atom. The standard InChI is InChI=1S/C40H55N2O2/c1-10-12-15-26(3)32-19-18-27(4)39(31(32)8)35-23-37-33-16-13-14-17-34(33)40(9,11-2)24-28(5)36(42(37)25-41-35)20-21-38-43-29(6)22-30(7)44-38/h13-14,16-19,22-23,25-26,28-29,36,38H,10-12,15,20-21,24H2,1-9H3/q+1. The molecule has 0 saturated heterocycles. The van der Waals surface area contributed by atoms with E-state index in [9.17, 15) is 0 Å². The fraction of sp³-hybridized carbons (Fsp3) is 0.550. The number of aryl methyl sites for hydroxylation is 1. The van der Waals surface area contributed by atoms with Gasteiger partial charge in [0.05, 0.1) is 11.9 Å². The molecule has 4 heteroatoms. The van der Waals surface area contributed by atoms with E-state index in [1.807, 2.05) is 6.92 Å². The number of hydrogen-bond acceptors (Lipinski definition) is 3. The molecule has 0 fully saturated rings. The van der Waals surface area contributed by atoms with Crippen LogP contribution >= 0.6 is 0 Å². The molecule has 0 spiro atoms. The van der Waals surface area contributed by atoms with Gasteiger partial charge < -0.3 is 9.47 Å². The minimum atomic E-state index is -0.212. The molecule has 2 aromatic carbocycles. The summed E-state index contributed by atoms with van der Waals surface area (Å²) < 4.78 is 14.8. The van der Waals surface area contributed by atoms with Crippen molar-refractivity contribution in [2.45, 2.75) is 137 Å². The number of rotatable bonds is 9. The van der Waals surface area contributed by atoms with Gasteiger partial charge in [-0.1, -0.05) is 83.9 Å². The van der Waals surface area contributed by atoms with Crippen molar-refractivity contribution >= 4 is 0 Å². The van der Waals surface area contributed by atoms with Gasteiger partial charge in [0.15, 0.2) is 12.0 Å². The molecule has 44 heavy (non-hydrogen) atoms. The zero-order chi connectivity index (χ0) is 31.6. The van der Waals surface area contributed by atoms with Crippen molar-refractivity contribution in [2.75, 3.05) is 0 Å². The molecule has 4 nitrogen and oxygen atoms in total. The number of hydrogen-bond donors (Lipinski definition) is 0. The van der Waals surface area contributed by atoms with Gasteiger partial charge in [-0.25, -0.2) is 4.57 Å². The van der Waals surface area contributed by atoms with E-state index in [0.29, 0.717) is 11.8 Å². The summed E-state index contributed by atoms with van der Waals surface area (Å²) in [5.41, 5.74) is 10.6. The monoisotopic (exact) mass is 595 g/mol. The van der Waals surface area contributed by atoms with E-state index in [4.69, 9.17) is 14.5 Å². The Labute approximate surface area is 266 Å². The summed E-state index contributed by atoms with van der Waals surface area (Å²) in [5.74, 6) is 1.95. The first kappa shape index (κ1) is 32.4. The number of ether oxygens (including phenoxy) is 2. The molecular weight excluding hydrogens is 540 g/mol. The number of allylic oxidation sites excluding steroid dienone is 1. The molecule has 0 N–H and O–H groups in total. The second kappa shape index (κ2) is 13.6. The molecule has 236 valence electrons. The third kappa shape index (κ3) is 6.52. The number of aromatic nitrogens is 2. The summed E-state index contributed by atoms with van der Waals surface area (Å²) in [4.78, 5) is 5.24. The van der Waals surface area contributed by atoms with E-state index in [0.717, 1.165) is 37.1 Å². The zero-order valence-corrected chi connectivity index (χ0v) is 28.7. The molecule has 2 aliphatic rings. The number of unbranched alkanes of at least 4 members (excludes halogenated alkanes) is 1. The molecule has 3 aromatic rings. The average molecular weight is 596 g/mol. The molecule has 1 aromatic heterocycles. The van der Waals surface area contributed by atoms with Crippen LogP contribution in [0.5, 0.6) is 0 Å². The van der Waals surface area contributed by atoms with Crippen LogP contribution in [0.1, 0.15) is 128 Å². The van der Waals surface area contributed by atoms with E-state index in [1.54, 1.807) is 0 Å². The molecule has 6 atom stereocenters. The molecule has 0 radical (unpaired) electrons. The normalized spacial score (nSPS) is 25.6. The molecular formula is C40H55N2O2+. The Morgan fingerprint density at radius 3 is 2.55 bits per heavy atom. The Hall–Kier alpha value is -2.98. The van der Waals surface area contributed by atoms with Crippen LogP contribution in [0.3, 0.4) is 0 Å². The van der Waals surface area contributed by atoms with Crippen molar-refractivity contribution < 1.29 is 14.0 Å². The maximum Gasteiger partial charge on any atom is 0.287 e. The molecule has 3 heterocycles. The summed E-state index contributed by atoms with van der Waals surface area (Å²) in [6.45, 7) is 20.6. The van der Waals surface area contributed by atoms with E-state index >= 15 is 0 Å². The van der Waals surface area contributed by atoms with E-state index in [2.05, 4.69) is 115 Å². The van der Waals surface area contributed by atoms with Gasteiger partial charge in [-0.2, -0.15) is 0 Å². The van der Waals surface area contributed by atoms with E-state index < -0.39 is 0 Å². The van der Waals surface area contributed by atoms with Gasteiger partial charge in [-0.15, -0.1) is 0 Å². The highest BCUT2D eigenvalue weighted by Crippen LogP contribution is 2.45. The van der Waals surface area contributed by atoms with Gasteiger partial charge in [0.1, 0.15) is 11.7 Å². The van der Waals surface area contributed by atoms with Crippen LogP contribution in [0.2, 0.25) is 0 Å². The van der Waals surface area contributed by atoms with Crippen LogP contribution in [-0.4, -0.2) is 17.4 Å². The highest BCUT2D eigenvalue weighted by Gasteiger charge is 2.39. The van der Waals surface area contributed by atoms with E-state index in [1.165, 1.54) is 58.3 Å². The first-order valence-corrected chi connectivity index (χ1v) is 17.2. The van der Waals surface area contributed by atoms with E-state index in [-0.39, 0.29) is 23.9 Å². The molecule has 0 aliphatic carbocycles.